The molecule has 0 spiro atoms. The smallest absolute Gasteiger partial charge is 0.295 e. The van der Waals surface area contributed by atoms with E-state index in [9.17, 15) is 4.79 Å². The second-order valence-corrected chi connectivity index (χ2v) is 7.77. The summed E-state index contributed by atoms with van der Waals surface area (Å²) in [6, 6.07) is 16.7. The van der Waals surface area contributed by atoms with E-state index in [1.807, 2.05) is 47.8 Å². The van der Waals surface area contributed by atoms with Gasteiger partial charge < -0.3 is 14.8 Å². The van der Waals surface area contributed by atoms with Crippen LogP contribution < -0.4 is 14.8 Å². The average Bonchev–Trinajstić information content (AvgIpc) is 3.45. The number of ether oxygens (including phenoxy) is 2. The Bertz CT molecular complexity index is 1210. The summed E-state index contributed by atoms with van der Waals surface area (Å²) in [6.07, 6.45) is 0. The molecule has 2 aromatic carbocycles. The molecule has 9 heteroatoms. The van der Waals surface area contributed by atoms with Crippen molar-refractivity contribution in [2.24, 2.45) is 0 Å². The van der Waals surface area contributed by atoms with Crippen molar-refractivity contribution in [2.75, 3.05) is 18.5 Å². The zero-order valence-corrected chi connectivity index (χ0v) is 17.1. The molecule has 1 N–H and O–H groups in total. The van der Waals surface area contributed by atoms with Gasteiger partial charge in [-0.25, -0.2) is 9.67 Å². The molecule has 0 saturated heterocycles. The minimum absolute atomic E-state index is 0.0354. The molecule has 30 heavy (non-hydrogen) atoms. The summed E-state index contributed by atoms with van der Waals surface area (Å²) in [5, 5.41) is 9.52. The Kier molecular flexibility index (Phi) is 4.86. The van der Waals surface area contributed by atoms with Gasteiger partial charge in [0.15, 0.2) is 17.3 Å². The molecule has 0 aliphatic carbocycles. The molecule has 1 aliphatic rings. The number of benzene rings is 2. The van der Waals surface area contributed by atoms with Crippen LogP contribution in [0, 0.1) is 0 Å². The van der Waals surface area contributed by atoms with E-state index in [1.165, 1.54) is 11.3 Å². The van der Waals surface area contributed by atoms with Crippen molar-refractivity contribution in [3.8, 4) is 27.9 Å². The van der Waals surface area contributed by atoms with Crippen LogP contribution in [0.15, 0.2) is 60.0 Å². The van der Waals surface area contributed by atoms with Gasteiger partial charge in [-0.1, -0.05) is 35.9 Å². The number of carbonyl (C=O) groups excluding carboxylic acids is 1. The topological polar surface area (TPSA) is 78.3 Å². The first-order valence-corrected chi connectivity index (χ1v) is 10.4. The van der Waals surface area contributed by atoms with Gasteiger partial charge in [0.25, 0.3) is 5.91 Å². The molecule has 0 fully saturated rings. The van der Waals surface area contributed by atoms with Crippen LogP contribution in [0.5, 0.6) is 11.5 Å². The number of rotatable bonds is 4. The molecule has 150 valence electrons. The number of fused-ring (bicyclic) bond motifs is 1. The van der Waals surface area contributed by atoms with Crippen LogP contribution in [0.25, 0.3) is 16.4 Å². The molecule has 5 rings (SSSR count). The van der Waals surface area contributed by atoms with Gasteiger partial charge in [0.2, 0.25) is 5.82 Å². The number of nitrogens with one attached hydrogen (secondary N) is 1. The van der Waals surface area contributed by atoms with E-state index in [0.29, 0.717) is 41.2 Å². The number of carbonyl (C=O) groups is 1. The highest BCUT2D eigenvalue weighted by Gasteiger charge is 2.22. The summed E-state index contributed by atoms with van der Waals surface area (Å²) >= 11 is 7.84. The highest BCUT2D eigenvalue weighted by molar-refractivity contribution is 7.13. The Morgan fingerprint density at radius 3 is 2.57 bits per heavy atom. The predicted molar refractivity (Wildman–Crippen MR) is 115 cm³/mol. The molecular weight excluding hydrogens is 424 g/mol. The van der Waals surface area contributed by atoms with Crippen LogP contribution in [0.3, 0.4) is 0 Å². The zero-order chi connectivity index (χ0) is 20.5. The van der Waals surface area contributed by atoms with Gasteiger partial charge in [0, 0.05) is 12.1 Å². The summed E-state index contributed by atoms with van der Waals surface area (Å²) in [4.78, 5) is 18.3. The SMILES string of the molecule is O=C(Nc1cc2c(cc1Cl)OCCO2)c1nc(-c2cccs2)n(-c2ccccc2)n1. The number of aromatic nitrogens is 3. The van der Waals surface area contributed by atoms with Crippen molar-refractivity contribution in [3.05, 3.63) is 70.8 Å². The first kappa shape index (κ1) is 18.7. The molecular formula is C21H15ClN4O3S. The Hall–Kier alpha value is -3.36. The molecule has 1 amide bonds. The molecule has 0 atom stereocenters. The van der Waals surface area contributed by atoms with E-state index >= 15 is 0 Å². The van der Waals surface area contributed by atoms with E-state index in [1.54, 1.807) is 16.8 Å². The summed E-state index contributed by atoms with van der Waals surface area (Å²) in [6.45, 7) is 0.899. The maximum atomic E-state index is 12.9. The predicted octanol–water partition coefficient (Wildman–Crippen LogP) is 4.67. The van der Waals surface area contributed by atoms with E-state index in [4.69, 9.17) is 21.1 Å². The first-order chi connectivity index (χ1) is 14.7. The molecule has 1 aliphatic heterocycles. The lowest BCUT2D eigenvalue weighted by Gasteiger charge is -2.19. The van der Waals surface area contributed by atoms with E-state index in [0.717, 1.165) is 10.6 Å². The lowest BCUT2D eigenvalue weighted by Crippen LogP contribution is -2.17. The number of hydrogen-bond acceptors (Lipinski definition) is 6. The number of anilines is 1. The standard InChI is InChI=1S/C21H15ClN4O3S/c22-14-11-16-17(29-9-8-28-16)12-15(14)23-21(27)19-24-20(18-7-4-10-30-18)26(25-19)13-5-2-1-3-6-13/h1-7,10-12H,8-9H2,(H,23,27). The quantitative estimate of drug-likeness (QED) is 0.500. The number of hydrogen-bond donors (Lipinski definition) is 1. The molecule has 2 aromatic heterocycles. The maximum Gasteiger partial charge on any atom is 0.295 e. The number of halogens is 1. The van der Waals surface area contributed by atoms with Crippen molar-refractivity contribution in [3.63, 3.8) is 0 Å². The summed E-state index contributed by atoms with van der Waals surface area (Å²) in [5.74, 6) is 1.24. The zero-order valence-electron chi connectivity index (χ0n) is 15.5. The fraction of sp³-hybridized carbons (Fsp3) is 0.0952. The summed E-state index contributed by atoms with van der Waals surface area (Å²) < 4.78 is 12.7. The number of amides is 1. The Labute approximate surface area is 180 Å². The first-order valence-electron chi connectivity index (χ1n) is 9.16. The van der Waals surface area contributed by atoms with Crippen molar-refractivity contribution in [1.29, 1.82) is 0 Å². The van der Waals surface area contributed by atoms with Crippen LogP contribution in [0.2, 0.25) is 5.02 Å². The molecule has 3 heterocycles. The fourth-order valence-corrected chi connectivity index (χ4v) is 3.96. The number of thiophene rings is 1. The normalized spacial score (nSPS) is 12.6. The van der Waals surface area contributed by atoms with Crippen molar-refractivity contribution in [2.45, 2.75) is 0 Å². The summed E-state index contributed by atoms with van der Waals surface area (Å²) in [7, 11) is 0. The minimum atomic E-state index is -0.471. The Balaban J connectivity index is 1.49. The Morgan fingerprint density at radius 2 is 1.83 bits per heavy atom. The fourth-order valence-electron chi connectivity index (χ4n) is 3.06. The van der Waals surface area contributed by atoms with Crippen LogP contribution in [0.1, 0.15) is 10.6 Å². The molecule has 0 bridgehead atoms. The van der Waals surface area contributed by atoms with Crippen molar-refractivity contribution < 1.29 is 14.3 Å². The van der Waals surface area contributed by atoms with E-state index in [2.05, 4.69) is 15.4 Å². The molecule has 0 radical (unpaired) electrons. The Morgan fingerprint density at radius 1 is 1.07 bits per heavy atom. The lowest BCUT2D eigenvalue weighted by atomic mass is 10.2. The largest absolute Gasteiger partial charge is 0.486 e. The van der Waals surface area contributed by atoms with Gasteiger partial charge in [-0.15, -0.1) is 16.4 Å². The lowest BCUT2D eigenvalue weighted by molar-refractivity contribution is 0.101. The monoisotopic (exact) mass is 438 g/mol. The van der Waals surface area contributed by atoms with E-state index in [-0.39, 0.29) is 5.82 Å². The van der Waals surface area contributed by atoms with Crippen LogP contribution in [-0.4, -0.2) is 33.9 Å². The van der Waals surface area contributed by atoms with Crippen LogP contribution >= 0.6 is 22.9 Å². The van der Waals surface area contributed by atoms with Crippen molar-refractivity contribution in [1.82, 2.24) is 14.8 Å². The third-order valence-corrected chi connectivity index (χ3v) is 5.61. The molecule has 0 saturated carbocycles. The van der Waals surface area contributed by atoms with Gasteiger partial charge in [-0.2, -0.15) is 0 Å². The maximum absolute atomic E-state index is 12.9. The summed E-state index contributed by atoms with van der Waals surface area (Å²) in [5.41, 5.74) is 1.21. The van der Waals surface area contributed by atoms with Gasteiger partial charge in [-0.3, -0.25) is 4.79 Å². The second-order valence-electron chi connectivity index (χ2n) is 6.41. The molecule has 7 nitrogen and oxygen atoms in total. The molecule has 4 aromatic rings. The third kappa shape index (κ3) is 3.51. The second kappa shape index (κ2) is 7.81. The van der Waals surface area contributed by atoms with Gasteiger partial charge in [0.1, 0.15) is 13.2 Å². The highest BCUT2D eigenvalue weighted by atomic mass is 35.5. The third-order valence-electron chi connectivity index (χ3n) is 4.43. The average molecular weight is 439 g/mol. The van der Waals surface area contributed by atoms with Crippen LogP contribution in [-0.2, 0) is 0 Å². The minimum Gasteiger partial charge on any atom is -0.486 e. The number of para-hydroxylation sites is 1. The van der Waals surface area contributed by atoms with Crippen LogP contribution in [0.4, 0.5) is 5.69 Å². The number of nitrogens with zero attached hydrogens (tertiary/aromatic N) is 3. The molecule has 0 unspecified atom stereocenters. The van der Waals surface area contributed by atoms with E-state index < -0.39 is 5.91 Å². The van der Waals surface area contributed by atoms with Gasteiger partial charge >= 0.3 is 0 Å². The van der Waals surface area contributed by atoms with Crippen molar-refractivity contribution >= 4 is 34.5 Å². The van der Waals surface area contributed by atoms with Gasteiger partial charge in [0.05, 0.1) is 21.3 Å². The van der Waals surface area contributed by atoms with Gasteiger partial charge in [-0.05, 0) is 23.6 Å². The highest BCUT2D eigenvalue weighted by Crippen LogP contribution is 2.38.